The zero-order valence-electron chi connectivity index (χ0n) is 15.8. The fraction of sp³-hybridized carbons (Fsp3) is 0.500. The van der Waals surface area contributed by atoms with Crippen LogP contribution in [0, 0.1) is 22.7 Å². The van der Waals surface area contributed by atoms with Crippen LogP contribution in [0.4, 0.5) is 0 Å². The maximum absolute atomic E-state index is 12.0. The molecule has 134 valence electrons. The molecule has 0 aliphatic heterocycles. The second-order valence-electron chi connectivity index (χ2n) is 9.12. The summed E-state index contributed by atoms with van der Waals surface area (Å²) in [4.78, 5) is 16.3. The van der Waals surface area contributed by atoms with E-state index in [1.165, 1.54) is 36.0 Å². The number of hydrogen-bond donors (Lipinski definition) is 0. The van der Waals surface area contributed by atoms with Gasteiger partial charge in [0.1, 0.15) is 0 Å². The lowest BCUT2D eigenvalue weighted by molar-refractivity contribution is -0.116. The monoisotopic (exact) mass is 345 g/mol. The number of rotatable bonds is 1. The minimum Gasteiger partial charge on any atom is -0.295 e. The third-order valence-corrected chi connectivity index (χ3v) is 7.98. The van der Waals surface area contributed by atoms with E-state index in [0.29, 0.717) is 17.6 Å². The fourth-order valence-electron chi connectivity index (χ4n) is 6.49. The molecule has 2 nitrogen and oxygen atoms in total. The Morgan fingerprint density at radius 2 is 2.00 bits per heavy atom. The molecule has 4 atom stereocenters. The van der Waals surface area contributed by atoms with E-state index in [0.717, 1.165) is 19.3 Å². The maximum atomic E-state index is 12.0. The van der Waals surface area contributed by atoms with Gasteiger partial charge in [0, 0.05) is 24.2 Å². The van der Waals surface area contributed by atoms with Gasteiger partial charge in [0.15, 0.2) is 5.78 Å². The van der Waals surface area contributed by atoms with Gasteiger partial charge >= 0.3 is 0 Å². The summed E-state index contributed by atoms with van der Waals surface area (Å²) >= 11 is 0. The molecule has 0 unspecified atom stereocenters. The van der Waals surface area contributed by atoms with Crippen LogP contribution in [0.15, 0.2) is 53.9 Å². The van der Waals surface area contributed by atoms with Gasteiger partial charge < -0.3 is 0 Å². The SMILES string of the molecule is C[C@]12CC[C@H]3[C@@H](CCC4=CC(=O)CC[C@@]43C)C1=CC=C2c1cccnc1. The molecule has 1 aromatic rings. The van der Waals surface area contributed by atoms with Crippen LogP contribution in [-0.4, -0.2) is 10.8 Å². The molecular weight excluding hydrogens is 318 g/mol. The van der Waals surface area contributed by atoms with Crippen LogP contribution >= 0.6 is 0 Å². The quantitative estimate of drug-likeness (QED) is 0.670. The van der Waals surface area contributed by atoms with Crippen molar-refractivity contribution in [3.05, 3.63) is 59.5 Å². The average molecular weight is 345 g/mol. The molecule has 4 aliphatic rings. The van der Waals surface area contributed by atoms with Gasteiger partial charge in [-0.15, -0.1) is 0 Å². The van der Waals surface area contributed by atoms with Crippen molar-refractivity contribution in [2.45, 2.75) is 52.4 Å². The van der Waals surface area contributed by atoms with Gasteiger partial charge in [0.25, 0.3) is 0 Å². The molecule has 1 aromatic heterocycles. The van der Waals surface area contributed by atoms with E-state index in [4.69, 9.17) is 0 Å². The predicted octanol–water partition coefficient (Wildman–Crippen LogP) is 5.53. The van der Waals surface area contributed by atoms with E-state index < -0.39 is 0 Å². The van der Waals surface area contributed by atoms with Gasteiger partial charge in [-0.25, -0.2) is 0 Å². The van der Waals surface area contributed by atoms with Crippen molar-refractivity contribution >= 4 is 11.4 Å². The van der Waals surface area contributed by atoms with Crippen molar-refractivity contribution in [1.82, 2.24) is 4.98 Å². The lowest BCUT2D eigenvalue weighted by Gasteiger charge is -2.56. The minimum absolute atomic E-state index is 0.159. The molecule has 1 heterocycles. The summed E-state index contributed by atoms with van der Waals surface area (Å²) in [7, 11) is 0. The first-order valence-electron chi connectivity index (χ1n) is 10.1. The van der Waals surface area contributed by atoms with Gasteiger partial charge in [-0.1, -0.05) is 43.2 Å². The van der Waals surface area contributed by atoms with Crippen molar-refractivity contribution in [3.63, 3.8) is 0 Å². The number of ketones is 1. The molecule has 4 aliphatic carbocycles. The lowest BCUT2D eigenvalue weighted by Crippen LogP contribution is -2.47. The number of carbonyl (C=O) groups is 1. The van der Waals surface area contributed by atoms with Crippen LogP contribution in [0.3, 0.4) is 0 Å². The smallest absolute Gasteiger partial charge is 0.155 e. The number of nitrogens with zero attached hydrogens (tertiary/aromatic N) is 1. The highest BCUT2D eigenvalue weighted by molar-refractivity contribution is 5.91. The molecule has 5 rings (SSSR count). The molecule has 0 amide bonds. The first kappa shape index (κ1) is 16.2. The van der Waals surface area contributed by atoms with Crippen molar-refractivity contribution < 1.29 is 4.79 Å². The molecular formula is C24H27NO. The van der Waals surface area contributed by atoms with Crippen molar-refractivity contribution in [1.29, 1.82) is 0 Å². The summed E-state index contributed by atoms with van der Waals surface area (Å²) < 4.78 is 0. The Balaban J connectivity index is 1.50. The van der Waals surface area contributed by atoms with Gasteiger partial charge in [-0.3, -0.25) is 9.78 Å². The van der Waals surface area contributed by atoms with Crippen LogP contribution in [-0.2, 0) is 4.79 Å². The first-order valence-corrected chi connectivity index (χ1v) is 10.1. The number of hydrogen-bond acceptors (Lipinski definition) is 2. The standard InChI is InChI=1S/C24H27NO/c1-23-11-9-18(26)14-17(23)5-6-19-21-8-7-20(16-4-3-13-25-15-16)24(21,2)12-10-22(19)23/h3-4,7-8,13-15,19,22H,5-6,9-12H2,1-2H3/t19-,22-,23-,24+/m0/s1. The topological polar surface area (TPSA) is 30.0 Å². The van der Waals surface area contributed by atoms with Crippen LogP contribution in [0.25, 0.3) is 5.57 Å². The van der Waals surface area contributed by atoms with Gasteiger partial charge in [-0.05, 0) is 72.6 Å². The summed E-state index contributed by atoms with van der Waals surface area (Å²) in [6.45, 7) is 4.88. The highest BCUT2D eigenvalue weighted by Crippen LogP contribution is 2.65. The van der Waals surface area contributed by atoms with Crippen molar-refractivity contribution in [3.8, 4) is 0 Å². The number of carbonyl (C=O) groups excluding carboxylic acids is 1. The van der Waals surface area contributed by atoms with Crippen molar-refractivity contribution in [2.24, 2.45) is 22.7 Å². The molecule has 0 aromatic carbocycles. The van der Waals surface area contributed by atoms with Crippen LogP contribution in [0.1, 0.15) is 57.9 Å². The molecule has 0 radical (unpaired) electrons. The molecule has 2 saturated carbocycles. The zero-order chi connectivity index (χ0) is 17.9. The largest absolute Gasteiger partial charge is 0.295 e. The first-order chi connectivity index (χ1) is 12.5. The van der Waals surface area contributed by atoms with Crippen LogP contribution in [0.2, 0.25) is 0 Å². The molecule has 0 bridgehead atoms. The predicted molar refractivity (Wildman–Crippen MR) is 104 cm³/mol. The molecule has 26 heavy (non-hydrogen) atoms. The molecule has 2 heteroatoms. The number of aromatic nitrogens is 1. The Hall–Kier alpha value is -1.96. The van der Waals surface area contributed by atoms with Crippen LogP contribution < -0.4 is 0 Å². The highest BCUT2D eigenvalue weighted by atomic mass is 16.1. The molecule has 2 fully saturated rings. The summed E-state index contributed by atoms with van der Waals surface area (Å²) in [6, 6.07) is 4.24. The normalized spacial score (nSPS) is 38.5. The van der Waals surface area contributed by atoms with E-state index in [9.17, 15) is 4.79 Å². The van der Waals surface area contributed by atoms with E-state index in [-0.39, 0.29) is 10.8 Å². The number of fused-ring (bicyclic) bond motifs is 5. The molecule has 0 saturated heterocycles. The zero-order valence-corrected chi connectivity index (χ0v) is 15.8. The van der Waals surface area contributed by atoms with E-state index in [2.05, 4.69) is 37.0 Å². The minimum atomic E-state index is 0.159. The Bertz CT molecular complexity index is 861. The van der Waals surface area contributed by atoms with Gasteiger partial charge in [0.05, 0.1) is 0 Å². The molecule has 0 spiro atoms. The van der Waals surface area contributed by atoms with Gasteiger partial charge in [-0.2, -0.15) is 0 Å². The number of allylic oxidation sites excluding steroid dienone is 6. The second kappa shape index (κ2) is 5.52. The van der Waals surface area contributed by atoms with E-state index in [1.54, 1.807) is 5.57 Å². The average Bonchev–Trinajstić information content (AvgIpc) is 3.00. The van der Waals surface area contributed by atoms with E-state index in [1.807, 2.05) is 24.5 Å². The Morgan fingerprint density at radius 1 is 1.12 bits per heavy atom. The Labute approximate surface area is 156 Å². The van der Waals surface area contributed by atoms with Crippen LogP contribution in [0.5, 0.6) is 0 Å². The molecule has 0 N–H and O–H groups in total. The highest BCUT2D eigenvalue weighted by Gasteiger charge is 2.54. The van der Waals surface area contributed by atoms with E-state index >= 15 is 0 Å². The maximum Gasteiger partial charge on any atom is 0.155 e. The van der Waals surface area contributed by atoms with Crippen molar-refractivity contribution in [2.75, 3.05) is 0 Å². The summed E-state index contributed by atoms with van der Waals surface area (Å²) in [5.74, 6) is 1.70. The summed E-state index contributed by atoms with van der Waals surface area (Å²) in [6.07, 6.45) is 17.2. The second-order valence-corrected chi connectivity index (χ2v) is 9.12. The third kappa shape index (κ3) is 2.11. The summed E-state index contributed by atoms with van der Waals surface area (Å²) in [5, 5.41) is 0. The fourth-order valence-corrected chi connectivity index (χ4v) is 6.49. The lowest BCUT2D eigenvalue weighted by atomic mass is 9.48. The van der Waals surface area contributed by atoms with Gasteiger partial charge in [0.2, 0.25) is 0 Å². The summed E-state index contributed by atoms with van der Waals surface area (Å²) in [5.41, 5.74) is 6.19. The Kier molecular flexibility index (Phi) is 3.44. The third-order valence-electron chi connectivity index (χ3n) is 7.98. The Morgan fingerprint density at radius 3 is 2.81 bits per heavy atom. The number of pyridine rings is 1.